The van der Waals surface area contributed by atoms with E-state index in [0.29, 0.717) is 25.1 Å². The Balaban J connectivity index is 2.05. The van der Waals surface area contributed by atoms with Crippen molar-refractivity contribution < 1.29 is 18.1 Å². The molecule has 0 radical (unpaired) electrons. The van der Waals surface area contributed by atoms with Crippen LogP contribution in [0.4, 0.5) is 5.69 Å². The fraction of sp³-hybridized carbons (Fsp3) is 0.333. The second-order valence-electron chi connectivity index (χ2n) is 6.36. The maximum Gasteiger partial charge on any atom is 0.275 e. The molecular formula is C18H19ClN2O5S. The molecule has 1 saturated heterocycles. The van der Waals surface area contributed by atoms with Gasteiger partial charge in [0, 0.05) is 18.2 Å². The summed E-state index contributed by atoms with van der Waals surface area (Å²) in [5, 5.41) is 11.3. The monoisotopic (exact) mass is 410 g/mol. The first kappa shape index (κ1) is 19.6. The van der Waals surface area contributed by atoms with Gasteiger partial charge in [-0.3, -0.25) is 10.1 Å². The lowest BCUT2D eigenvalue weighted by Gasteiger charge is -2.25. The molecule has 1 aliphatic heterocycles. The zero-order chi connectivity index (χ0) is 19.8. The molecule has 1 unspecified atom stereocenters. The first-order valence-electron chi connectivity index (χ1n) is 8.36. The molecule has 0 N–H and O–H groups in total. The number of hydrogen-bond donors (Lipinski definition) is 0. The molecule has 0 spiro atoms. The standard InChI is InChI=1S/C18H19ClN2O5S/c1-12-16(19)10-15(11-18(12)21(22)23)27(24,25)20-8-4-7-17(20)13-5-3-6-14(9-13)26-2/h3,5-6,9-11,17H,4,7-8H2,1-2H3. The van der Waals surface area contributed by atoms with Gasteiger partial charge in [-0.15, -0.1) is 0 Å². The predicted octanol–water partition coefficient (Wildman–Crippen LogP) is 4.09. The fourth-order valence-corrected chi connectivity index (χ4v) is 5.33. The van der Waals surface area contributed by atoms with Crippen LogP contribution in [0.25, 0.3) is 0 Å². The van der Waals surface area contributed by atoms with Gasteiger partial charge in [-0.25, -0.2) is 8.42 Å². The number of benzene rings is 2. The molecule has 144 valence electrons. The van der Waals surface area contributed by atoms with E-state index in [0.717, 1.165) is 11.6 Å². The maximum atomic E-state index is 13.2. The van der Waals surface area contributed by atoms with Gasteiger partial charge < -0.3 is 4.74 Å². The first-order valence-corrected chi connectivity index (χ1v) is 10.2. The summed E-state index contributed by atoms with van der Waals surface area (Å²) in [6.45, 7) is 1.83. The Morgan fingerprint density at radius 1 is 1.30 bits per heavy atom. The molecule has 2 aromatic carbocycles. The number of rotatable bonds is 5. The Morgan fingerprint density at radius 3 is 2.70 bits per heavy atom. The maximum absolute atomic E-state index is 13.2. The van der Waals surface area contributed by atoms with Crippen molar-refractivity contribution in [2.24, 2.45) is 0 Å². The Kier molecular flexibility index (Phi) is 5.41. The van der Waals surface area contributed by atoms with Crippen molar-refractivity contribution in [1.82, 2.24) is 4.31 Å². The van der Waals surface area contributed by atoms with E-state index < -0.39 is 14.9 Å². The van der Waals surface area contributed by atoms with Gasteiger partial charge in [0.05, 0.1) is 28.0 Å². The SMILES string of the molecule is COc1cccc(C2CCCN2S(=O)(=O)c2cc(Cl)c(C)c([N+](=O)[O-])c2)c1. The fourth-order valence-electron chi connectivity index (χ4n) is 3.32. The third-order valence-corrected chi connectivity index (χ3v) is 7.05. The van der Waals surface area contributed by atoms with Gasteiger partial charge >= 0.3 is 0 Å². The number of sulfonamides is 1. The molecule has 9 heteroatoms. The van der Waals surface area contributed by atoms with Crippen molar-refractivity contribution in [3.63, 3.8) is 0 Å². The molecule has 7 nitrogen and oxygen atoms in total. The molecule has 1 fully saturated rings. The molecule has 1 atom stereocenters. The zero-order valence-corrected chi connectivity index (χ0v) is 16.5. The second-order valence-corrected chi connectivity index (χ2v) is 8.65. The third kappa shape index (κ3) is 3.65. The normalized spacial score (nSPS) is 17.8. The van der Waals surface area contributed by atoms with E-state index in [9.17, 15) is 18.5 Å². The number of ether oxygens (including phenoxy) is 1. The van der Waals surface area contributed by atoms with E-state index in [1.54, 1.807) is 13.2 Å². The van der Waals surface area contributed by atoms with Crippen molar-refractivity contribution in [2.45, 2.75) is 30.7 Å². The van der Waals surface area contributed by atoms with Crippen molar-refractivity contribution >= 4 is 27.3 Å². The molecular weight excluding hydrogens is 392 g/mol. The Bertz CT molecular complexity index is 993. The number of nitrogens with zero attached hydrogens (tertiary/aromatic N) is 2. The van der Waals surface area contributed by atoms with Crippen LogP contribution in [0, 0.1) is 17.0 Å². The highest BCUT2D eigenvalue weighted by Gasteiger charge is 2.37. The van der Waals surface area contributed by atoms with Crippen LogP contribution >= 0.6 is 11.6 Å². The van der Waals surface area contributed by atoms with Crippen molar-refractivity contribution in [2.75, 3.05) is 13.7 Å². The van der Waals surface area contributed by atoms with E-state index in [1.807, 2.05) is 18.2 Å². The van der Waals surface area contributed by atoms with Crippen LogP contribution < -0.4 is 4.74 Å². The summed E-state index contributed by atoms with van der Waals surface area (Å²) in [4.78, 5) is 10.5. The van der Waals surface area contributed by atoms with Crippen LogP contribution in [-0.2, 0) is 10.0 Å². The highest BCUT2D eigenvalue weighted by Crippen LogP contribution is 2.39. The molecule has 0 aromatic heterocycles. The number of methoxy groups -OCH3 is 1. The van der Waals surface area contributed by atoms with Gasteiger partial charge in [0.15, 0.2) is 0 Å². The largest absolute Gasteiger partial charge is 0.497 e. The lowest BCUT2D eigenvalue weighted by Crippen LogP contribution is -2.30. The zero-order valence-electron chi connectivity index (χ0n) is 14.9. The van der Waals surface area contributed by atoms with Crippen LogP contribution in [0.2, 0.25) is 5.02 Å². The summed E-state index contributed by atoms with van der Waals surface area (Å²) in [5.41, 5.74) is 0.757. The van der Waals surface area contributed by atoms with E-state index in [1.165, 1.54) is 17.3 Å². The van der Waals surface area contributed by atoms with E-state index in [4.69, 9.17) is 16.3 Å². The highest BCUT2D eigenvalue weighted by atomic mass is 35.5. The van der Waals surface area contributed by atoms with E-state index >= 15 is 0 Å². The summed E-state index contributed by atoms with van der Waals surface area (Å²) in [7, 11) is -2.40. The molecule has 3 rings (SSSR count). The molecule has 1 aliphatic rings. The predicted molar refractivity (Wildman–Crippen MR) is 102 cm³/mol. The smallest absolute Gasteiger partial charge is 0.275 e. The minimum atomic E-state index is -3.95. The van der Waals surface area contributed by atoms with Crippen LogP contribution in [0.3, 0.4) is 0 Å². The van der Waals surface area contributed by atoms with E-state index in [2.05, 4.69) is 0 Å². The van der Waals surface area contributed by atoms with Crippen LogP contribution in [0.15, 0.2) is 41.3 Å². The number of halogens is 1. The first-order chi connectivity index (χ1) is 12.8. The van der Waals surface area contributed by atoms with Gasteiger partial charge in [0.1, 0.15) is 5.75 Å². The Hall–Kier alpha value is -2.16. The van der Waals surface area contributed by atoms with Gasteiger partial charge in [-0.2, -0.15) is 4.31 Å². The van der Waals surface area contributed by atoms with Crippen LogP contribution in [0.1, 0.15) is 30.0 Å². The molecule has 0 bridgehead atoms. The van der Waals surface area contributed by atoms with Gasteiger partial charge in [0.2, 0.25) is 10.0 Å². The number of hydrogen-bond acceptors (Lipinski definition) is 5. The molecule has 27 heavy (non-hydrogen) atoms. The lowest BCUT2D eigenvalue weighted by molar-refractivity contribution is -0.385. The Morgan fingerprint density at radius 2 is 2.04 bits per heavy atom. The van der Waals surface area contributed by atoms with Crippen LogP contribution in [-0.4, -0.2) is 31.3 Å². The molecule has 1 heterocycles. The quantitative estimate of drug-likeness (QED) is 0.547. The second kappa shape index (κ2) is 7.46. The summed E-state index contributed by atoms with van der Waals surface area (Å²) in [6.07, 6.45) is 1.36. The molecule has 0 aliphatic carbocycles. The lowest BCUT2D eigenvalue weighted by atomic mass is 10.1. The number of nitro groups is 1. The minimum absolute atomic E-state index is 0.0555. The van der Waals surface area contributed by atoms with Crippen molar-refractivity contribution in [3.8, 4) is 5.75 Å². The van der Waals surface area contributed by atoms with Gasteiger partial charge in [-0.1, -0.05) is 23.7 Å². The number of nitro benzene ring substituents is 1. The van der Waals surface area contributed by atoms with E-state index in [-0.39, 0.29) is 27.2 Å². The summed E-state index contributed by atoms with van der Waals surface area (Å²) >= 11 is 6.06. The van der Waals surface area contributed by atoms with Gasteiger partial charge in [-0.05, 0) is 43.5 Å². The minimum Gasteiger partial charge on any atom is -0.497 e. The average Bonchev–Trinajstić information content (AvgIpc) is 3.14. The van der Waals surface area contributed by atoms with Crippen molar-refractivity contribution in [1.29, 1.82) is 0 Å². The highest BCUT2D eigenvalue weighted by molar-refractivity contribution is 7.89. The third-order valence-electron chi connectivity index (χ3n) is 4.78. The molecule has 0 amide bonds. The average molecular weight is 411 g/mol. The summed E-state index contributed by atoms with van der Waals surface area (Å²) < 4.78 is 33.1. The Labute approximate surface area is 162 Å². The molecule has 0 saturated carbocycles. The molecule has 2 aromatic rings. The van der Waals surface area contributed by atoms with Crippen LogP contribution in [0.5, 0.6) is 5.75 Å². The van der Waals surface area contributed by atoms with Crippen molar-refractivity contribution in [3.05, 3.63) is 62.7 Å². The summed E-state index contributed by atoms with van der Waals surface area (Å²) in [5.74, 6) is 0.644. The summed E-state index contributed by atoms with van der Waals surface area (Å²) in [6, 6.07) is 9.27. The topological polar surface area (TPSA) is 89.8 Å². The van der Waals surface area contributed by atoms with Gasteiger partial charge in [0.25, 0.3) is 5.69 Å².